The number of nitrogens with zero attached hydrogens (tertiary/aromatic N) is 4. The zero-order chi connectivity index (χ0) is 16.5. The number of carbonyl (C=O) groups is 1. The Bertz CT molecular complexity index is 642. The van der Waals surface area contributed by atoms with Gasteiger partial charge in [0.2, 0.25) is 0 Å². The fraction of sp³-hybridized carbons (Fsp3) is 0.611. The smallest absolute Gasteiger partial charge is 0.317 e. The zero-order valence-electron chi connectivity index (χ0n) is 13.8. The third kappa shape index (κ3) is 3.16. The van der Waals surface area contributed by atoms with E-state index in [4.69, 9.17) is 0 Å². The first-order chi connectivity index (χ1) is 11.8. The molecular weight excluding hydrogens is 302 g/mol. The van der Waals surface area contributed by atoms with Crippen LogP contribution in [-0.4, -0.2) is 48.1 Å². The number of piperazine rings is 1. The monoisotopic (exact) mass is 325 g/mol. The summed E-state index contributed by atoms with van der Waals surface area (Å²) in [6.45, 7) is 2.79. The second-order valence-corrected chi connectivity index (χ2v) is 7.11. The molecule has 1 aromatic rings. The van der Waals surface area contributed by atoms with Gasteiger partial charge in [-0.05, 0) is 49.7 Å². The lowest BCUT2D eigenvalue weighted by molar-refractivity contribution is 0.186. The highest BCUT2D eigenvalue weighted by Gasteiger charge is 2.42. The molecule has 2 amide bonds. The third-order valence-electron chi connectivity index (χ3n) is 5.32. The molecule has 0 spiro atoms. The number of hydrogen-bond donors (Lipinski definition) is 1. The van der Waals surface area contributed by atoms with Crippen LogP contribution in [0, 0.1) is 23.2 Å². The fourth-order valence-corrected chi connectivity index (χ4v) is 3.62. The molecule has 0 aromatic carbocycles. The van der Waals surface area contributed by atoms with Crippen molar-refractivity contribution in [3.8, 4) is 6.07 Å². The Morgan fingerprint density at radius 1 is 1.21 bits per heavy atom. The van der Waals surface area contributed by atoms with Crippen molar-refractivity contribution in [3.05, 3.63) is 23.9 Å². The second-order valence-electron chi connectivity index (χ2n) is 7.11. The summed E-state index contributed by atoms with van der Waals surface area (Å²) < 4.78 is 0. The van der Waals surface area contributed by atoms with Gasteiger partial charge in [-0.25, -0.2) is 9.78 Å². The molecule has 1 aliphatic heterocycles. The molecule has 6 nitrogen and oxygen atoms in total. The summed E-state index contributed by atoms with van der Waals surface area (Å²) in [6, 6.07) is 6.25. The average molecular weight is 325 g/mol. The van der Waals surface area contributed by atoms with Crippen LogP contribution in [0.5, 0.6) is 0 Å². The number of aromatic nitrogens is 1. The predicted molar refractivity (Wildman–Crippen MR) is 90.5 cm³/mol. The Balaban J connectivity index is 1.34. The topological polar surface area (TPSA) is 72.3 Å². The number of hydrogen-bond acceptors (Lipinski definition) is 4. The molecule has 24 heavy (non-hydrogen) atoms. The summed E-state index contributed by atoms with van der Waals surface area (Å²) in [5.41, 5.74) is 0.595. The van der Waals surface area contributed by atoms with E-state index in [1.165, 1.54) is 25.7 Å². The van der Waals surface area contributed by atoms with Gasteiger partial charge < -0.3 is 15.1 Å². The lowest BCUT2D eigenvalue weighted by Crippen LogP contribution is -2.54. The molecule has 0 unspecified atom stereocenters. The molecule has 1 saturated heterocycles. The quantitative estimate of drug-likeness (QED) is 0.919. The summed E-state index contributed by atoms with van der Waals surface area (Å²) in [5, 5.41) is 12.5. The predicted octanol–water partition coefficient (Wildman–Crippen LogP) is 1.97. The van der Waals surface area contributed by atoms with Gasteiger partial charge in [-0.2, -0.15) is 5.26 Å². The summed E-state index contributed by atoms with van der Waals surface area (Å²) >= 11 is 0. The second kappa shape index (κ2) is 6.31. The van der Waals surface area contributed by atoms with Gasteiger partial charge in [0.05, 0.1) is 5.56 Å². The maximum Gasteiger partial charge on any atom is 0.317 e. The van der Waals surface area contributed by atoms with E-state index in [-0.39, 0.29) is 6.03 Å². The van der Waals surface area contributed by atoms with Crippen molar-refractivity contribution in [1.82, 2.24) is 15.2 Å². The number of anilines is 1. The molecule has 2 aliphatic carbocycles. The largest absolute Gasteiger partial charge is 0.352 e. The van der Waals surface area contributed by atoms with Crippen molar-refractivity contribution in [1.29, 1.82) is 5.26 Å². The zero-order valence-corrected chi connectivity index (χ0v) is 13.8. The molecule has 1 N–H and O–H groups in total. The molecule has 2 heterocycles. The van der Waals surface area contributed by atoms with Crippen LogP contribution in [0.3, 0.4) is 0 Å². The molecule has 3 aliphatic rings. The van der Waals surface area contributed by atoms with E-state index in [0.717, 1.165) is 30.7 Å². The summed E-state index contributed by atoms with van der Waals surface area (Å²) in [5.74, 6) is 2.16. The van der Waals surface area contributed by atoms with Gasteiger partial charge in [0.1, 0.15) is 11.9 Å². The Morgan fingerprint density at radius 3 is 2.46 bits per heavy atom. The van der Waals surface area contributed by atoms with E-state index >= 15 is 0 Å². The van der Waals surface area contributed by atoms with Gasteiger partial charge in [0.15, 0.2) is 0 Å². The van der Waals surface area contributed by atoms with Crippen LogP contribution < -0.4 is 10.2 Å². The first-order valence-corrected chi connectivity index (χ1v) is 8.92. The van der Waals surface area contributed by atoms with E-state index in [1.807, 2.05) is 4.90 Å². The Morgan fingerprint density at radius 2 is 1.88 bits per heavy atom. The number of rotatable bonds is 4. The molecule has 126 valence electrons. The fourth-order valence-electron chi connectivity index (χ4n) is 3.62. The van der Waals surface area contributed by atoms with Crippen LogP contribution in [0.25, 0.3) is 0 Å². The Hall–Kier alpha value is -2.29. The highest BCUT2D eigenvalue weighted by atomic mass is 16.2. The summed E-state index contributed by atoms with van der Waals surface area (Å²) in [4.78, 5) is 20.9. The van der Waals surface area contributed by atoms with Gasteiger partial charge in [0, 0.05) is 38.4 Å². The maximum absolute atomic E-state index is 12.6. The molecule has 0 radical (unpaired) electrons. The van der Waals surface area contributed by atoms with Crippen molar-refractivity contribution in [2.75, 3.05) is 31.1 Å². The first-order valence-electron chi connectivity index (χ1n) is 8.92. The number of carbonyl (C=O) groups excluding carboxylic acids is 1. The molecule has 2 saturated carbocycles. The van der Waals surface area contributed by atoms with Gasteiger partial charge in [-0.15, -0.1) is 0 Å². The standard InChI is InChI=1S/C18H23N5O/c19-12-15-2-1-7-20-17(15)22-8-10-23(11-9-22)18(24)21-16(13-3-4-13)14-5-6-14/h1-2,7,13-14,16H,3-6,8-11H2,(H,21,24). The lowest BCUT2D eigenvalue weighted by atomic mass is 10.1. The van der Waals surface area contributed by atoms with E-state index < -0.39 is 0 Å². The van der Waals surface area contributed by atoms with E-state index in [9.17, 15) is 10.1 Å². The summed E-state index contributed by atoms with van der Waals surface area (Å²) in [7, 11) is 0. The molecule has 0 atom stereocenters. The highest BCUT2D eigenvalue weighted by molar-refractivity contribution is 5.75. The molecule has 4 rings (SSSR count). The van der Waals surface area contributed by atoms with Crippen LogP contribution >= 0.6 is 0 Å². The van der Waals surface area contributed by atoms with Crippen molar-refractivity contribution >= 4 is 11.8 Å². The number of amides is 2. The molecule has 0 bridgehead atoms. The number of pyridine rings is 1. The number of nitriles is 1. The minimum absolute atomic E-state index is 0.0833. The van der Waals surface area contributed by atoms with Crippen LogP contribution in [0.4, 0.5) is 10.6 Å². The van der Waals surface area contributed by atoms with Gasteiger partial charge in [-0.3, -0.25) is 0 Å². The van der Waals surface area contributed by atoms with E-state index in [1.54, 1.807) is 18.3 Å². The van der Waals surface area contributed by atoms with Gasteiger partial charge in [-0.1, -0.05) is 0 Å². The van der Waals surface area contributed by atoms with Crippen molar-refractivity contribution in [2.24, 2.45) is 11.8 Å². The SMILES string of the molecule is N#Cc1cccnc1N1CCN(C(=O)NC(C2CC2)C2CC2)CC1. The van der Waals surface area contributed by atoms with Gasteiger partial charge in [0.25, 0.3) is 0 Å². The third-order valence-corrected chi connectivity index (χ3v) is 5.32. The molecule has 6 heteroatoms. The average Bonchev–Trinajstić information content (AvgIpc) is 3.52. The van der Waals surface area contributed by atoms with Gasteiger partial charge >= 0.3 is 6.03 Å². The molecular formula is C18H23N5O. The molecule has 3 fully saturated rings. The van der Waals surface area contributed by atoms with Crippen LogP contribution in [0.1, 0.15) is 31.2 Å². The Labute approximate surface area is 142 Å². The van der Waals surface area contributed by atoms with Crippen LogP contribution in [0.15, 0.2) is 18.3 Å². The Kier molecular flexibility index (Phi) is 4.01. The first kappa shape index (κ1) is 15.3. The minimum Gasteiger partial charge on any atom is -0.352 e. The lowest BCUT2D eigenvalue weighted by Gasteiger charge is -2.36. The normalized spacial score (nSPS) is 20.8. The number of urea groups is 1. The van der Waals surface area contributed by atoms with Crippen molar-refractivity contribution < 1.29 is 4.79 Å². The van der Waals surface area contributed by atoms with E-state index in [2.05, 4.69) is 21.3 Å². The van der Waals surface area contributed by atoms with Crippen molar-refractivity contribution in [2.45, 2.75) is 31.7 Å². The summed E-state index contributed by atoms with van der Waals surface area (Å²) in [6.07, 6.45) is 6.79. The maximum atomic E-state index is 12.6. The van der Waals surface area contributed by atoms with E-state index in [0.29, 0.717) is 24.7 Å². The van der Waals surface area contributed by atoms with Crippen LogP contribution in [-0.2, 0) is 0 Å². The molecule has 1 aromatic heterocycles. The number of nitrogens with one attached hydrogen (secondary N) is 1. The minimum atomic E-state index is 0.0833. The van der Waals surface area contributed by atoms with Crippen molar-refractivity contribution in [3.63, 3.8) is 0 Å². The highest BCUT2D eigenvalue weighted by Crippen LogP contribution is 2.44. The van der Waals surface area contributed by atoms with Crippen LogP contribution in [0.2, 0.25) is 0 Å².